The van der Waals surface area contributed by atoms with Gasteiger partial charge in [-0.2, -0.15) is 18.4 Å². The molecule has 0 bridgehead atoms. The zero-order valence-corrected chi connectivity index (χ0v) is 13.5. The van der Waals surface area contributed by atoms with Gasteiger partial charge in [-0.05, 0) is 25.5 Å². The van der Waals surface area contributed by atoms with Gasteiger partial charge in [-0.1, -0.05) is 35.4 Å². The molecule has 0 saturated carbocycles. The van der Waals surface area contributed by atoms with E-state index in [1.165, 1.54) is 0 Å². The molecule has 2 aromatic heterocycles. The Kier molecular flexibility index (Phi) is 3.77. The van der Waals surface area contributed by atoms with Gasteiger partial charge in [0.15, 0.2) is 11.3 Å². The highest BCUT2D eigenvalue weighted by molar-refractivity contribution is 6.33. The lowest BCUT2D eigenvalue weighted by atomic mass is 10.0. The molecule has 0 aliphatic heterocycles. The van der Waals surface area contributed by atoms with E-state index in [0.29, 0.717) is 11.3 Å². The van der Waals surface area contributed by atoms with E-state index in [9.17, 15) is 18.4 Å². The fraction of sp³-hybridized carbons (Fsp3) is 0.176. The van der Waals surface area contributed by atoms with Gasteiger partial charge < -0.3 is 0 Å². The molecule has 24 heavy (non-hydrogen) atoms. The zero-order valence-electron chi connectivity index (χ0n) is 12.7. The van der Waals surface area contributed by atoms with Gasteiger partial charge in [-0.3, -0.25) is 4.40 Å². The van der Waals surface area contributed by atoms with E-state index in [4.69, 9.17) is 11.6 Å². The summed E-state index contributed by atoms with van der Waals surface area (Å²) < 4.78 is 40.1. The Morgan fingerprint density at radius 2 is 1.92 bits per heavy atom. The van der Waals surface area contributed by atoms with E-state index in [1.54, 1.807) is 6.07 Å². The highest BCUT2D eigenvalue weighted by Gasteiger charge is 2.32. The number of halogens is 4. The van der Waals surface area contributed by atoms with Crippen LogP contribution in [0.4, 0.5) is 13.2 Å². The van der Waals surface area contributed by atoms with Crippen LogP contribution in [-0.4, -0.2) is 9.38 Å². The van der Waals surface area contributed by atoms with Crippen LogP contribution in [0.1, 0.15) is 22.4 Å². The predicted octanol–water partition coefficient (Wildman–Crippen LogP) is 5.16. The second-order valence-electron chi connectivity index (χ2n) is 5.51. The van der Waals surface area contributed by atoms with Gasteiger partial charge in [-0.15, -0.1) is 0 Å². The first-order valence-electron chi connectivity index (χ1n) is 6.99. The summed E-state index contributed by atoms with van der Waals surface area (Å²) in [5, 5.41) is 9.31. The molecule has 122 valence electrons. The molecule has 0 unspecified atom stereocenters. The van der Waals surface area contributed by atoms with Crippen molar-refractivity contribution in [2.24, 2.45) is 0 Å². The van der Waals surface area contributed by atoms with Gasteiger partial charge in [0.25, 0.3) is 0 Å². The third kappa shape index (κ3) is 2.61. The number of benzene rings is 1. The van der Waals surface area contributed by atoms with Crippen LogP contribution >= 0.6 is 11.6 Å². The number of hydrogen-bond acceptors (Lipinski definition) is 2. The Balaban J connectivity index is 2.35. The Bertz CT molecular complexity index is 997. The van der Waals surface area contributed by atoms with Crippen LogP contribution in [0.3, 0.4) is 0 Å². The number of pyridine rings is 1. The van der Waals surface area contributed by atoms with Crippen molar-refractivity contribution >= 4 is 17.2 Å². The van der Waals surface area contributed by atoms with Crippen LogP contribution in [-0.2, 0) is 6.18 Å². The van der Waals surface area contributed by atoms with E-state index in [0.717, 1.165) is 27.8 Å². The molecule has 0 atom stereocenters. The molecular formula is C17H11ClF3N3. The van der Waals surface area contributed by atoms with E-state index < -0.39 is 11.7 Å². The molecule has 2 heterocycles. The monoisotopic (exact) mass is 349 g/mol. The Labute approximate surface area is 140 Å². The highest BCUT2D eigenvalue weighted by atomic mass is 35.5. The standard InChI is InChI=1S/C17H11ClF3N3/c1-9-3-4-12(10(2)5-9)15-14(7-22)24-8-11(17(19,20)21)6-13(18)16(24)23-15/h3-6,8H,1-2H3. The van der Waals surface area contributed by atoms with Crippen molar-refractivity contribution in [3.8, 4) is 17.3 Å². The lowest BCUT2D eigenvalue weighted by molar-refractivity contribution is -0.137. The highest BCUT2D eigenvalue weighted by Crippen LogP contribution is 2.35. The number of imidazole rings is 1. The minimum absolute atomic E-state index is 0.0185. The van der Waals surface area contributed by atoms with E-state index >= 15 is 0 Å². The lowest BCUT2D eigenvalue weighted by Crippen LogP contribution is -2.07. The SMILES string of the molecule is Cc1ccc(-c2nc3c(Cl)cc(C(F)(F)F)cn3c2C#N)c(C)c1. The van der Waals surface area contributed by atoms with Gasteiger partial charge in [0, 0.05) is 11.8 Å². The summed E-state index contributed by atoms with van der Waals surface area (Å²) in [7, 11) is 0. The van der Waals surface area contributed by atoms with Gasteiger partial charge in [0.2, 0.25) is 0 Å². The third-order valence-corrected chi connectivity index (χ3v) is 4.02. The maximum atomic E-state index is 13.0. The van der Waals surface area contributed by atoms with Crippen LogP contribution in [0.2, 0.25) is 5.02 Å². The molecule has 3 nitrogen and oxygen atoms in total. The van der Waals surface area contributed by atoms with Crippen molar-refractivity contribution in [3.05, 3.63) is 57.9 Å². The van der Waals surface area contributed by atoms with E-state index in [1.807, 2.05) is 32.0 Å². The average Bonchev–Trinajstić information content (AvgIpc) is 2.85. The first-order valence-corrected chi connectivity index (χ1v) is 7.36. The molecule has 0 aliphatic carbocycles. The molecule has 7 heteroatoms. The van der Waals surface area contributed by atoms with Gasteiger partial charge in [-0.25, -0.2) is 4.98 Å². The molecule has 1 aromatic carbocycles. The van der Waals surface area contributed by atoms with Crippen LogP contribution in [0.25, 0.3) is 16.9 Å². The Hall–Kier alpha value is -2.52. The molecular weight excluding hydrogens is 339 g/mol. The summed E-state index contributed by atoms with van der Waals surface area (Å²) in [5.74, 6) is 0. The summed E-state index contributed by atoms with van der Waals surface area (Å²) in [6.07, 6.45) is -3.71. The number of aryl methyl sites for hydroxylation is 2. The molecule has 0 spiro atoms. The molecule has 0 fully saturated rings. The second kappa shape index (κ2) is 5.53. The molecule has 3 rings (SSSR count). The van der Waals surface area contributed by atoms with Crippen LogP contribution < -0.4 is 0 Å². The summed E-state index contributed by atoms with van der Waals surface area (Å²) in [6, 6.07) is 8.33. The van der Waals surface area contributed by atoms with Crippen molar-refractivity contribution < 1.29 is 13.2 Å². The second-order valence-corrected chi connectivity index (χ2v) is 5.91. The Morgan fingerprint density at radius 1 is 1.21 bits per heavy atom. The van der Waals surface area contributed by atoms with Gasteiger partial charge in [0.05, 0.1) is 10.6 Å². The maximum absolute atomic E-state index is 13.0. The first-order chi connectivity index (χ1) is 11.2. The van der Waals surface area contributed by atoms with Gasteiger partial charge >= 0.3 is 6.18 Å². The molecule has 0 amide bonds. The number of hydrogen-bond donors (Lipinski definition) is 0. The lowest BCUT2D eigenvalue weighted by Gasteiger charge is -2.08. The molecule has 0 N–H and O–H groups in total. The number of nitrogens with zero attached hydrogens (tertiary/aromatic N) is 3. The summed E-state index contributed by atoms with van der Waals surface area (Å²) in [6.45, 7) is 3.79. The maximum Gasteiger partial charge on any atom is 0.417 e. The summed E-state index contributed by atoms with van der Waals surface area (Å²) in [5.41, 5.74) is 2.13. The van der Waals surface area contributed by atoms with Crippen molar-refractivity contribution in [2.75, 3.05) is 0 Å². The van der Waals surface area contributed by atoms with Crippen LogP contribution in [0.5, 0.6) is 0 Å². The number of aromatic nitrogens is 2. The van der Waals surface area contributed by atoms with Gasteiger partial charge in [0.1, 0.15) is 11.8 Å². The van der Waals surface area contributed by atoms with E-state index in [-0.39, 0.29) is 16.4 Å². The van der Waals surface area contributed by atoms with Crippen molar-refractivity contribution in [1.29, 1.82) is 5.26 Å². The smallest absolute Gasteiger partial charge is 0.289 e. The fourth-order valence-corrected chi connectivity index (χ4v) is 2.88. The summed E-state index contributed by atoms with van der Waals surface area (Å²) >= 11 is 5.97. The van der Waals surface area contributed by atoms with Crippen molar-refractivity contribution in [2.45, 2.75) is 20.0 Å². The molecule has 0 aliphatic rings. The average molecular weight is 350 g/mol. The normalized spacial score (nSPS) is 11.7. The minimum atomic E-state index is -4.56. The first kappa shape index (κ1) is 16.3. The van der Waals surface area contributed by atoms with Crippen molar-refractivity contribution in [3.63, 3.8) is 0 Å². The number of rotatable bonds is 1. The zero-order chi connectivity index (χ0) is 17.6. The number of fused-ring (bicyclic) bond motifs is 1. The molecule has 0 saturated heterocycles. The Morgan fingerprint density at radius 3 is 2.50 bits per heavy atom. The van der Waals surface area contributed by atoms with Crippen molar-refractivity contribution in [1.82, 2.24) is 9.38 Å². The quantitative estimate of drug-likeness (QED) is 0.608. The number of alkyl halides is 3. The summed E-state index contributed by atoms with van der Waals surface area (Å²) in [4.78, 5) is 4.31. The largest absolute Gasteiger partial charge is 0.417 e. The third-order valence-electron chi connectivity index (χ3n) is 3.75. The minimum Gasteiger partial charge on any atom is -0.289 e. The molecule has 3 aromatic rings. The molecule has 0 radical (unpaired) electrons. The number of nitriles is 1. The van der Waals surface area contributed by atoms with E-state index in [2.05, 4.69) is 4.98 Å². The van der Waals surface area contributed by atoms with Crippen LogP contribution in [0.15, 0.2) is 30.5 Å². The predicted molar refractivity (Wildman–Crippen MR) is 84.8 cm³/mol. The topological polar surface area (TPSA) is 41.1 Å². The van der Waals surface area contributed by atoms with Crippen LogP contribution in [0, 0.1) is 25.2 Å². The fourth-order valence-electron chi connectivity index (χ4n) is 2.63.